The zero-order chi connectivity index (χ0) is 8.04. The van der Waals surface area contributed by atoms with Gasteiger partial charge in [0.1, 0.15) is 0 Å². The van der Waals surface area contributed by atoms with Gasteiger partial charge in [0.2, 0.25) is 0 Å². The van der Waals surface area contributed by atoms with Crippen LogP contribution in [0.5, 0.6) is 0 Å². The van der Waals surface area contributed by atoms with E-state index < -0.39 is 5.79 Å². The number of hydrogen-bond donors (Lipinski definition) is 0. The van der Waals surface area contributed by atoms with Crippen LogP contribution in [0.15, 0.2) is 12.7 Å². The topological polar surface area (TPSA) is 18.5 Å². The molecule has 0 radical (unpaired) electrons. The van der Waals surface area contributed by atoms with Crippen LogP contribution in [0.25, 0.3) is 0 Å². The van der Waals surface area contributed by atoms with Gasteiger partial charge >= 0.3 is 0 Å². The van der Waals surface area contributed by atoms with Crippen molar-refractivity contribution >= 4 is 0 Å². The van der Waals surface area contributed by atoms with Gasteiger partial charge in [0.15, 0.2) is 5.79 Å². The molecule has 0 aromatic carbocycles. The first-order valence-corrected chi connectivity index (χ1v) is 3.42. The highest BCUT2D eigenvalue weighted by atomic mass is 16.7. The minimum Gasteiger partial charge on any atom is -0.354 e. The van der Waals surface area contributed by atoms with Crippen LogP contribution < -0.4 is 0 Å². The monoisotopic (exact) mass is 144 g/mol. The summed E-state index contributed by atoms with van der Waals surface area (Å²) in [4.78, 5) is 0. The molecule has 0 spiro atoms. The molecule has 0 aliphatic rings. The largest absolute Gasteiger partial charge is 0.354 e. The Balaban J connectivity index is 3.36. The zero-order valence-corrected chi connectivity index (χ0v) is 7.02. The second-order valence-corrected chi connectivity index (χ2v) is 2.53. The molecule has 0 rings (SSSR count). The van der Waals surface area contributed by atoms with Gasteiger partial charge in [0.05, 0.1) is 6.61 Å². The Labute approximate surface area is 62.8 Å². The fourth-order valence-corrected chi connectivity index (χ4v) is 0.447. The van der Waals surface area contributed by atoms with Gasteiger partial charge in [-0.1, -0.05) is 6.08 Å². The molecule has 0 aliphatic heterocycles. The normalized spacial score (nSPS) is 11.5. The van der Waals surface area contributed by atoms with Crippen LogP contribution in [0.4, 0.5) is 0 Å². The van der Waals surface area contributed by atoms with E-state index in [4.69, 9.17) is 9.47 Å². The average Bonchev–Trinajstić information content (AvgIpc) is 1.89. The highest BCUT2D eigenvalue weighted by Gasteiger charge is 2.14. The Morgan fingerprint density at radius 1 is 1.50 bits per heavy atom. The molecule has 0 aromatic rings. The summed E-state index contributed by atoms with van der Waals surface area (Å²) < 4.78 is 10.4. The summed E-state index contributed by atoms with van der Waals surface area (Å²) in [6.07, 6.45) is 2.69. The maximum Gasteiger partial charge on any atom is 0.162 e. The number of rotatable bonds is 5. The quantitative estimate of drug-likeness (QED) is 0.333. The van der Waals surface area contributed by atoms with E-state index in [-0.39, 0.29) is 0 Å². The van der Waals surface area contributed by atoms with Gasteiger partial charge in [-0.2, -0.15) is 0 Å². The van der Waals surface area contributed by atoms with Crippen molar-refractivity contribution in [2.24, 2.45) is 0 Å². The molecule has 2 nitrogen and oxygen atoms in total. The summed E-state index contributed by atoms with van der Waals surface area (Å²) in [6, 6.07) is 0. The molecule has 0 N–H and O–H groups in total. The Bertz CT molecular complexity index is 97.4. The third kappa shape index (κ3) is 4.53. The minimum atomic E-state index is -0.455. The fourth-order valence-electron chi connectivity index (χ4n) is 0.447. The molecule has 0 amide bonds. The molecule has 2 heteroatoms. The highest BCUT2D eigenvalue weighted by molar-refractivity contribution is 4.65. The maximum atomic E-state index is 5.33. The molecule has 0 atom stereocenters. The van der Waals surface area contributed by atoms with E-state index in [1.165, 1.54) is 0 Å². The molecule has 0 fully saturated rings. The standard InChI is InChI=1S/C8H16O2/c1-5-6-7-10-8(2,3)9-4/h5H,1,6-7H2,2-4H3. The predicted octanol–water partition coefficient (Wildman–Crippen LogP) is 1.96. The van der Waals surface area contributed by atoms with E-state index in [2.05, 4.69) is 6.58 Å². The SMILES string of the molecule is C=CCCOC(C)(C)OC. The van der Waals surface area contributed by atoms with Gasteiger partial charge in [-0.25, -0.2) is 0 Å². The van der Waals surface area contributed by atoms with E-state index in [1.807, 2.05) is 19.9 Å². The molecule has 0 saturated heterocycles. The van der Waals surface area contributed by atoms with Crippen molar-refractivity contribution in [1.29, 1.82) is 0 Å². The molecule has 0 aliphatic carbocycles. The number of hydrogen-bond acceptors (Lipinski definition) is 2. The Morgan fingerprint density at radius 2 is 2.10 bits per heavy atom. The average molecular weight is 144 g/mol. The summed E-state index contributed by atoms with van der Waals surface area (Å²) in [5.41, 5.74) is 0. The van der Waals surface area contributed by atoms with E-state index in [0.29, 0.717) is 6.61 Å². The van der Waals surface area contributed by atoms with Gasteiger partial charge in [0.25, 0.3) is 0 Å². The minimum absolute atomic E-state index is 0.455. The summed E-state index contributed by atoms with van der Waals surface area (Å²) >= 11 is 0. The van der Waals surface area contributed by atoms with Gasteiger partial charge in [-0.15, -0.1) is 6.58 Å². The van der Waals surface area contributed by atoms with Crippen molar-refractivity contribution in [3.05, 3.63) is 12.7 Å². The third-order valence-corrected chi connectivity index (χ3v) is 1.26. The molecule has 0 saturated carbocycles. The van der Waals surface area contributed by atoms with Crippen LogP contribution in [-0.4, -0.2) is 19.5 Å². The maximum absolute atomic E-state index is 5.33. The Morgan fingerprint density at radius 3 is 2.50 bits per heavy atom. The zero-order valence-electron chi connectivity index (χ0n) is 7.02. The molecule has 0 heterocycles. The van der Waals surface area contributed by atoms with Crippen LogP contribution in [-0.2, 0) is 9.47 Å². The fraction of sp³-hybridized carbons (Fsp3) is 0.750. The second kappa shape index (κ2) is 4.47. The lowest BCUT2D eigenvalue weighted by molar-refractivity contribution is -0.196. The van der Waals surface area contributed by atoms with Gasteiger partial charge in [-0.3, -0.25) is 0 Å². The van der Waals surface area contributed by atoms with Crippen LogP contribution in [0.2, 0.25) is 0 Å². The van der Waals surface area contributed by atoms with Gasteiger partial charge in [-0.05, 0) is 20.3 Å². The van der Waals surface area contributed by atoms with Gasteiger partial charge in [0, 0.05) is 7.11 Å². The molecule has 60 valence electrons. The Kier molecular flexibility index (Phi) is 4.32. The lowest BCUT2D eigenvalue weighted by Crippen LogP contribution is -2.26. The van der Waals surface area contributed by atoms with E-state index in [0.717, 1.165) is 6.42 Å². The van der Waals surface area contributed by atoms with Crippen molar-refractivity contribution < 1.29 is 9.47 Å². The summed E-state index contributed by atoms with van der Waals surface area (Å²) in [5.74, 6) is -0.455. The summed E-state index contributed by atoms with van der Waals surface area (Å²) in [6.45, 7) is 8.03. The first-order chi connectivity index (χ1) is 4.62. The smallest absolute Gasteiger partial charge is 0.162 e. The molecule has 10 heavy (non-hydrogen) atoms. The van der Waals surface area contributed by atoms with Gasteiger partial charge < -0.3 is 9.47 Å². The molecular formula is C8H16O2. The van der Waals surface area contributed by atoms with Crippen LogP contribution >= 0.6 is 0 Å². The molecule has 0 aromatic heterocycles. The van der Waals surface area contributed by atoms with Crippen molar-refractivity contribution in [3.63, 3.8) is 0 Å². The molecule has 0 unspecified atom stereocenters. The summed E-state index contributed by atoms with van der Waals surface area (Å²) in [7, 11) is 1.63. The first-order valence-electron chi connectivity index (χ1n) is 3.42. The second-order valence-electron chi connectivity index (χ2n) is 2.53. The van der Waals surface area contributed by atoms with E-state index >= 15 is 0 Å². The number of ether oxygens (including phenoxy) is 2. The van der Waals surface area contributed by atoms with Crippen LogP contribution in [0.3, 0.4) is 0 Å². The van der Waals surface area contributed by atoms with Crippen LogP contribution in [0, 0.1) is 0 Å². The molecular weight excluding hydrogens is 128 g/mol. The number of methoxy groups -OCH3 is 1. The van der Waals surface area contributed by atoms with E-state index in [1.54, 1.807) is 7.11 Å². The van der Waals surface area contributed by atoms with E-state index in [9.17, 15) is 0 Å². The lowest BCUT2D eigenvalue weighted by Gasteiger charge is -2.22. The first kappa shape index (κ1) is 9.66. The van der Waals surface area contributed by atoms with Crippen molar-refractivity contribution in [1.82, 2.24) is 0 Å². The highest BCUT2D eigenvalue weighted by Crippen LogP contribution is 2.08. The summed E-state index contributed by atoms with van der Waals surface area (Å²) in [5, 5.41) is 0. The molecule has 0 bridgehead atoms. The van der Waals surface area contributed by atoms with Crippen molar-refractivity contribution in [2.45, 2.75) is 26.1 Å². The predicted molar refractivity (Wildman–Crippen MR) is 41.9 cm³/mol. The van der Waals surface area contributed by atoms with Crippen molar-refractivity contribution in [2.75, 3.05) is 13.7 Å². The van der Waals surface area contributed by atoms with Crippen molar-refractivity contribution in [3.8, 4) is 0 Å². The Hall–Kier alpha value is -0.340. The van der Waals surface area contributed by atoms with Crippen LogP contribution in [0.1, 0.15) is 20.3 Å². The third-order valence-electron chi connectivity index (χ3n) is 1.26. The lowest BCUT2D eigenvalue weighted by atomic mass is 10.4.